The van der Waals surface area contributed by atoms with Crippen LogP contribution in [0.1, 0.15) is 38.3 Å². The van der Waals surface area contributed by atoms with Crippen LogP contribution in [0.4, 0.5) is 13.2 Å². The lowest BCUT2D eigenvalue weighted by molar-refractivity contribution is -0.147. The average molecular weight is 497 g/mol. The third kappa shape index (κ3) is 4.21. The van der Waals surface area contributed by atoms with Crippen LogP contribution in [0.25, 0.3) is 22.3 Å². The Kier molecular flexibility index (Phi) is 5.93. The molecule has 0 amide bonds. The molecule has 33 heavy (non-hydrogen) atoms. The summed E-state index contributed by atoms with van der Waals surface area (Å²) in [7, 11) is -4.44. The number of alkyl halides is 3. The van der Waals surface area contributed by atoms with Gasteiger partial charge in [-0.2, -0.15) is 23.2 Å². The van der Waals surface area contributed by atoms with Gasteiger partial charge in [0.15, 0.2) is 0 Å². The molecule has 1 aliphatic rings. The molecular formula is C22H20ClF3N4O2S. The molecule has 2 aromatic heterocycles. The second kappa shape index (κ2) is 8.31. The van der Waals surface area contributed by atoms with Gasteiger partial charge in [-0.25, -0.2) is 8.42 Å². The van der Waals surface area contributed by atoms with Crippen LogP contribution >= 0.6 is 11.6 Å². The minimum absolute atomic E-state index is 0.113. The van der Waals surface area contributed by atoms with Crippen LogP contribution < -0.4 is 4.72 Å². The zero-order chi connectivity index (χ0) is 24.1. The van der Waals surface area contributed by atoms with Gasteiger partial charge in [-0.1, -0.05) is 18.5 Å². The third-order valence-electron chi connectivity index (χ3n) is 6.10. The highest BCUT2D eigenvalue weighted by Crippen LogP contribution is 2.45. The van der Waals surface area contributed by atoms with Gasteiger partial charge in [-0.15, -0.1) is 0 Å². The highest BCUT2D eigenvalue weighted by atomic mass is 35.5. The smallest absolute Gasteiger partial charge is 0.335 e. The van der Waals surface area contributed by atoms with Crippen molar-refractivity contribution in [1.82, 2.24) is 14.3 Å². The van der Waals surface area contributed by atoms with Crippen molar-refractivity contribution >= 4 is 32.5 Å². The summed E-state index contributed by atoms with van der Waals surface area (Å²) in [5, 5.41) is 11.1. The zero-order valence-corrected chi connectivity index (χ0v) is 19.3. The molecule has 1 N–H and O–H groups in total. The number of pyridine rings is 1. The fraction of sp³-hybridized carbons (Fsp3) is 0.364. The lowest BCUT2D eigenvalue weighted by Crippen LogP contribution is -2.42. The first-order valence-electron chi connectivity index (χ1n) is 10.2. The number of sulfonamides is 1. The number of nitriles is 1. The van der Waals surface area contributed by atoms with Crippen molar-refractivity contribution in [3.8, 4) is 17.5 Å². The first kappa shape index (κ1) is 23.5. The van der Waals surface area contributed by atoms with E-state index in [0.29, 0.717) is 33.3 Å². The molecule has 1 saturated carbocycles. The van der Waals surface area contributed by atoms with E-state index >= 15 is 0 Å². The largest absolute Gasteiger partial charge is 0.404 e. The molecule has 1 fully saturated rings. The average Bonchev–Trinajstić information content (AvgIpc) is 3.04. The molecule has 2 heterocycles. The number of benzene rings is 1. The minimum Gasteiger partial charge on any atom is -0.335 e. The van der Waals surface area contributed by atoms with Crippen LogP contribution in [0.2, 0.25) is 5.02 Å². The summed E-state index contributed by atoms with van der Waals surface area (Å²) in [5.41, 5.74) is 2.05. The molecule has 0 radical (unpaired) electrons. The number of nitrogens with one attached hydrogen (secondary N) is 1. The van der Waals surface area contributed by atoms with E-state index in [4.69, 9.17) is 11.6 Å². The fourth-order valence-electron chi connectivity index (χ4n) is 4.07. The van der Waals surface area contributed by atoms with Crippen molar-refractivity contribution < 1.29 is 21.6 Å². The number of halogens is 4. The first-order valence-corrected chi connectivity index (χ1v) is 12.1. The van der Waals surface area contributed by atoms with E-state index in [2.05, 4.69) is 18.0 Å². The van der Waals surface area contributed by atoms with Crippen molar-refractivity contribution in [3.05, 3.63) is 47.1 Å². The van der Waals surface area contributed by atoms with E-state index in [9.17, 15) is 26.9 Å². The molecule has 0 bridgehead atoms. The summed E-state index contributed by atoms with van der Waals surface area (Å²) in [6.45, 7) is 2.83. The number of hydrogen-bond donors (Lipinski definition) is 1. The number of fused-ring (bicyclic) bond motifs is 1. The van der Waals surface area contributed by atoms with Gasteiger partial charge in [0.05, 0.1) is 22.5 Å². The van der Waals surface area contributed by atoms with Crippen molar-refractivity contribution in [2.75, 3.05) is 0 Å². The van der Waals surface area contributed by atoms with Gasteiger partial charge in [-0.3, -0.25) is 4.98 Å². The normalized spacial score (nSPS) is 19.8. The Bertz CT molecular complexity index is 1360. The summed E-state index contributed by atoms with van der Waals surface area (Å²) < 4.78 is 66.8. The number of rotatable bonds is 5. The minimum atomic E-state index is -4.72. The van der Waals surface area contributed by atoms with Gasteiger partial charge < -0.3 is 4.57 Å². The predicted molar refractivity (Wildman–Crippen MR) is 118 cm³/mol. The standard InChI is InChI=1S/C22H20ClF3N4O2S/c1-12-3-8-19(12)30-20-9-14(23)4-6-16(20)17(10-27)21(30)18-7-5-15(11-28-18)33(31,32)29-13(2)22(24,25)26/h4-7,9,11-13,19,29H,3,8H2,1-2H3/t12?,13-,19?/m1/s1. The quantitative estimate of drug-likeness (QED) is 0.510. The Morgan fingerprint density at radius 2 is 2.00 bits per heavy atom. The molecule has 174 valence electrons. The summed E-state index contributed by atoms with van der Waals surface area (Å²) >= 11 is 6.22. The SMILES string of the molecule is CC1CCC1n1c(-c2ccc(S(=O)(=O)N[C@H](C)C(F)(F)F)cn2)c(C#N)c2ccc(Cl)cc21. The van der Waals surface area contributed by atoms with Gasteiger partial charge in [0.2, 0.25) is 10.0 Å². The van der Waals surface area contributed by atoms with Crippen molar-refractivity contribution in [1.29, 1.82) is 5.26 Å². The molecular weight excluding hydrogens is 477 g/mol. The van der Waals surface area contributed by atoms with E-state index in [0.717, 1.165) is 31.5 Å². The predicted octanol–water partition coefficient (Wildman–Crippen LogP) is 5.43. The number of aromatic nitrogens is 2. The van der Waals surface area contributed by atoms with Crippen LogP contribution in [0.15, 0.2) is 41.4 Å². The van der Waals surface area contributed by atoms with Crippen molar-refractivity contribution in [2.24, 2.45) is 5.92 Å². The van der Waals surface area contributed by atoms with E-state index in [1.165, 1.54) is 12.1 Å². The maximum atomic E-state index is 12.8. The molecule has 11 heteroatoms. The monoisotopic (exact) mass is 496 g/mol. The van der Waals surface area contributed by atoms with Crippen molar-refractivity contribution in [3.63, 3.8) is 0 Å². The molecule has 3 atom stereocenters. The van der Waals surface area contributed by atoms with Gasteiger partial charge in [0.1, 0.15) is 17.0 Å². The molecule has 0 spiro atoms. The van der Waals surface area contributed by atoms with Crippen LogP contribution in [0.3, 0.4) is 0 Å². The molecule has 3 aromatic rings. The van der Waals surface area contributed by atoms with Gasteiger partial charge in [0.25, 0.3) is 0 Å². The van der Waals surface area contributed by atoms with Crippen LogP contribution in [-0.4, -0.2) is 30.2 Å². The van der Waals surface area contributed by atoms with E-state index in [1.807, 2.05) is 4.57 Å². The Morgan fingerprint density at radius 3 is 2.52 bits per heavy atom. The van der Waals surface area contributed by atoms with Gasteiger partial charge >= 0.3 is 6.18 Å². The molecule has 1 aromatic carbocycles. The Balaban J connectivity index is 1.82. The van der Waals surface area contributed by atoms with E-state index in [1.54, 1.807) is 22.9 Å². The molecule has 0 saturated heterocycles. The molecule has 1 aliphatic carbocycles. The second-order valence-corrected chi connectivity index (χ2v) is 10.4. The number of nitrogens with zero attached hydrogens (tertiary/aromatic N) is 3. The topological polar surface area (TPSA) is 87.8 Å². The summed E-state index contributed by atoms with van der Waals surface area (Å²) in [5.74, 6) is 0.359. The summed E-state index contributed by atoms with van der Waals surface area (Å²) in [6, 6.07) is 7.92. The van der Waals surface area contributed by atoms with Crippen molar-refractivity contribution in [2.45, 2.75) is 49.8 Å². The summed E-state index contributed by atoms with van der Waals surface area (Å²) in [6.07, 6.45) is -1.79. The highest BCUT2D eigenvalue weighted by Gasteiger charge is 2.39. The fourth-order valence-corrected chi connectivity index (χ4v) is 5.41. The molecule has 0 aliphatic heterocycles. The Morgan fingerprint density at radius 1 is 1.27 bits per heavy atom. The first-order chi connectivity index (χ1) is 15.4. The molecule has 4 rings (SSSR count). The maximum Gasteiger partial charge on any atom is 0.404 e. The summed E-state index contributed by atoms with van der Waals surface area (Å²) in [4.78, 5) is 3.83. The van der Waals surface area contributed by atoms with E-state index < -0.39 is 27.1 Å². The van der Waals surface area contributed by atoms with E-state index in [-0.39, 0.29) is 6.04 Å². The van der Waals surface area contributed by atoms with Crippen LogP contribution in [-0.2, 0) is 10.0 Å². The van der Waals surface area contributed by atoms with Crippen LogP contribution in [0, 0.1) is 17.2 Å². The van der Waals surface area contributed by atoms with Gasteiger partial charge in [0, 0.05) is 22.6 Å². The zero-order valence-electron chi connectivity index (χ0n) is 17.7. The molecule has 6 nitrogen and oxygen atoms in total. The van der Waals surface area contributed by atoms with Gasteiger partial charge in [-0.05, 0) is 56.0 Å². The third-order valence-corrected chi connectivity index (χ3v) is 7.86. The maximum absolute atomic E-state index is 12.8. The lowest BCUT2D eigenvalue weighted by atomic mass is 9.80. The molecule has 2 unspecified atom stereocenters. The lowest BCUT2D eigenvalue weighted by Gasteiger charge is -2.37. The van der Waals surface area contributed by atoms with Crippen LogP contribution in [0.5, 0.6) is 0 Å². The second-order valence-electron chi connectivity index (χ2n) is 8.25. The Labute approximate surface area is 194 Å². The highest BCUT2D eigenvalue weighted by molar-refractivity contribution is 7.89. The Hall–Kier alpha value is -2.61. The number of hydrogen-bond acceptors (Lipinski definition) is 4.